The Morgan fingerprint density at radius 1 is 1.38 bits per heavy atom. The Kier molecular flexibility index (Phi) is 3.33. The van der Waals surface area contributed by atoms with Gasteiger partial charge in [-0.25, -0.2) is 13.8 Å². The first-order chi connectivity index (χ1) is 7.29. The van der Waals surface area contributed by atoms with E-state index in [9.17, 15) is 22.0 Å². The Bertz CT molecular complexity index is 449. The molecule has 8 heteroatoms. The summed E-state index contributed by atoms with van der Waals surface area (Å²) in [6.45, 7) is 0. The van der Waals surface area contributed by atoms with Crippen LogP contribution in [0.25, 0.3) is 0 Å². The van der Waals surface area contributed by atoms with Gasteiger partial charge < -0.3 is 0 Å². The van der Waals surface area contributed by atoms with E-state index in [0.717, 1.165) is 0 Å². The highest BCUT2D eigenvalue weighted by molar-refractivity contribution is 6.32. The van der Waals surface area contributed by atoms with Gasteiger partial charge in [0, 0.05) is 6.20 Å². The molecule has 0 amide bonds. The van der Waals surface area contributed by atoms with Crippen molar-refractivity contribution in [1.82, 2.24) is 4.98 Å². The van der Waals surface area contributed by atoms with Crippen LogP contribution in [-0.2, 0) is 6.18 Å². The molecule has 0 saturated heterocycles. The van der Waals surface area contributed by atoms with E-state index < -0.39 is 34.4 Å². The van der Waals surface area contributed by atoms with Crippen molar-refractivity contribution >= 4 is 11.6 Å². The second-order valence-corrected chi connectivity index (χ2v) is 3.04. The van der Waals surface area contributed by atoms with Crippen molar-refractivity contribution in [3.8, 4) is 6.07 Å². The molecule has 0 bridgehead atoms. The summed E-state index contributed by atoms with van der Waals surface area (Å²) >= 11 is 5.20. The zero-order chi connectivity index (χ0) is 12.5. The van der Waals surface area contributed by atoms with Crippen molar-refractivity contribution in [2.45, 2.75) is 12.6 Å². The Balaban J connectivity index is 3.49. The lowest BCUT2D eigenvalue weighted by molar-refractivity contribution is -0.141. The summed E-state index contributed by atoms with van der Waals surface area (Å²) < 4.78 is 61.3. The van der Waals surface area contributed by atoms with E-state index in [0.29, 0.717) is 6.20 Å². The number of hydrogen-bond donors (Lipinski definition) is 0. The van der Waals surface area contributed by atoms with Crippen LogP contribution in [0.5, 0.6) is 0 Å². The first kappa shape index (κ1) is 12.6. The maximum Gasteiger partial charge on any atom is 0.434 e. The second-order valence-electron chi connectivity index (χ2n) is 2.66. The van der Waals surface area contributed by atoms with Gasteiger partial charge in [0.05, 0.1) is 16.1 Å². The molecule has 0 atom stereocenters. The van der Waals surface area contributed by atoms with Crippen LogP contribution in [0.4, 0.5) is 22.0 Å². The average Bonchev–Trinajstić information content (AvgIpc) is 2.14. The molecule has 86 valence electrons. The van der Waals surface area contributed by atoms with E-state index in [2.05, 4.69) is 4.98 Å². The van der Waals surface area contributed by atoms with E-state index in [4.69, 9.17) is 16.9 Å². The summed E-state index contributed by atoms with van der Waals surface area (Å²) in [7, 11) is 0. The highest BCUT2D eigenvalue weighted by Gasteiger charge is 2.37. The molecular formula is C8H2ClF5N2. The molecule has 1 heterocycles. The summed E-state index contributed by atoms with van der Waals surface area (Å²) in [6.07, 6.45) is -7.69. The van der Waals surface area contributed by atoms with Crippen LogP contribution in [-0.4, -0.2) is 4.98 Å². The quantitative estimate of drug-likeness (QED) is 0.720. The zero-order valence-corrected chi connectivity index (χ0v) is 8.07. The fourth-order valence-corrected chi connectivity index (χ4v) is 1.28. The van der Waals surface area contributed by atoms with Gasteiger partial charge >= 0.3 is 6.18 Å². The smallest absolute Gasteiger partial charge is 0.250 e. The van der Waals surface area contributed by atoms with Crippen molar-refractivity contribution in [3.05, 3.63) is 28.0 Å². The summed E-state index contributed by atoms with van der Waals surface area (Å²) in [5, 5.41) is 7.37. The third-order valence-electron chi connectivity index (χ3n) is 1.66. The maximum absolute atomic E-state index is 12.3. The lowest BCUT2D eigenvalue weighted by Crippen LogP contribution is -2.11. The van der Waals surface area contributed by atoms with Gasteiger partial charge in [-0.3, -0.25) is 0 Å². The molecule has 0 aromatic carbocycles. The molecule has 1 aromatic rings. The van der Waals surface area contributed by atoms with E-state index >= 15 is 0 Å². The zero-order valence-electron chi connectivity index (χ0n) is 7.32. The molecule has 16 heavy (non-hydrogen) atoms. The molecule has 0 fully saturated rings. The standard InChI is InChI=1S/C8H2ClF5N2/c9-5-3(1-15)4(7(10)11)2-16-6(5)8(12,13)14/h2,7H. The van der Waals surface area contributed by atoms with Gasteiger partial charge in [-0.05, 0) is 0 Å². The van der Waals surface area contributed by atoms with Crippen molar-refractivity contribution < 1.29 is 22.0 Å². The Labute approximate surface area is 91.3 Å². The number of hydrogen-bond acceptors (Lipinski definition) is 2. The monoisotopic (exact) mass is 256 g/mol. The van der Waals surface area contributed by atoms with Crippen molar-refractivity contribution in [2.24, 2.45) is 0 Å². The molecule has 1 aromatic heterocycles. The number of pyridine rings is 1. The van der Waals surface area contributed by atoms with Crippen LogP contribution in [0.15, 0.2) is 6.20 Å². The normalized spacial score (nSPS) is 11.6. The van der Waals surface area contributed by atoms with Crippen LogP contribution < -0.4 is 0 Å². The van der Waals surface area contributed by atoms with E-state index in [1.165, 1.54) is 6.07 Å². The predicted molar refractivity (Wildman–Crippen MR) is 43.9 cm³/mol. The SMILES string of the molecule is N#Cc1c(C(F)F)cnc(C(F)(F)F)c1Cl. The molecule has 0 radical (unpaired) electrons. The molecule has 0 saturated carbocycles. The number of nitriles is 1. The largest absolute Gasteiger partial charge is 0.434 e. The van der Waals surface area contributed by atoms with Crippen LogP contribution in [0.3, 0.4) is 0 Å². The minimum Gasteiger partial charge on any atom is -0.250 e. The van der Waals surface area contributed by atoms with Crippen LogP contribution in [0.1, 0.15) is 23.2 Å². The van der Waals surface area contributed by atoms with E-state index in [1.807, 2.05) is 0 Å². The van der Waals surface area contributed by atoms with Gasteiger partial charge in [0.1, 0.15) is 6.07 Å². The average molecular weight is 257 g/mol. The van der Waals surface area contributed by atoms with Crippen molar-refractivity contribution in [1.29, 1.82) is 5.26 Å². The number of nitrogens with zero attached hydrogens (tertiary/aromatic N) is 2. The lowest BCUT2D eigenvalue weighted by Gasteiger charge is -2.10. The number of halogens is 6. The Morgan fingerprint density at radius 2 is 1.94 bits per heavy atom. The number of aromatic nitrogens is 1. The van der Waals surface area contributed by atoms with Crippen molar-refractivity contribution in [3.63, 3.8) is 0 Å². The highest BCUT2D eigenvalue weighted by Crippen LogP contribution is 2.37. The number of alkyl halides is 5. The third kappa shape index (κ3) is 2.22. The lowest BCUT2D eigenvalue weighted by atomic mass is 10.1. The number of rotatable bonds is 1. The third-order valence-corrected chi connectivity index (χ3v) is 2.03. The van der Waals surface area contributed by atoms with Gasteiger partial charge in [0.15, 0.2) is 5.69 Å². The topological polar surface area (TPSA) is 36.7 Å². The second kappa shape index (κ2) is 4.22. The van der Waals surface area contributed by atoms with Gasteiger partial charge in [-0.2, -0.15) is 18.4 Å². The Morgan fingerprint density at radius 3 is 2.31 bits per heavy atom. The van der Waals surface area contributed by atoms with E-state index in [1.54, 1.807) is 0 Å². The first-order valence-corrected chi connectivity index (χ1v) is 4.10. The molecular weight excluding hydrogens is 255 g/mol. The molecule has 0 aliphatic rings. The fraction of sp³-hybridized carbons (Fsp3) is 0.250. The van der Waals surface area contributed by atoms with Gasteiger partial charge in [-0.15, -0.1) is 0 Å². The summed E-state index contributed by atoms with van der Waals surface area (Å²) in [5.74, 6) is 0. The van der Waals surface area contributed by atoms with Gasteiger partial charge in [0.2, 0.25) is 0 Å². The van der Waals surface area contributed by atoms with Crippen LogP contribution in [0.2, 0.25) is 5.02 Å². The fourth-order valence-electron chi connectivity index (χ4n) is 0.977. The van der Waals surface area contributed by atoms with E-state index in [-0.39, 0.29) is 0 Å². The minimum absolute atomic E-state index is 0.303. The van der Waals surface area contributed by atoms with Gasteiger partial charge in [0.25, 0.3) is 6.43 Å². The van der Waals surface area contributed by atoms with Gasteiger partial charge in [-0.1, -0.05) is 11.6 Å². The summed E-state index contributed by atoms with van der Waals surface area (Å²) in [5.41, 5.74) is -3.37. The Hall–Kier alpha value is -1.42. The maximum atomic E-state index is 12.3. The molecule has 0 spiro atoms. The predicted octanol–water partition coefficient (Wildman–Crippen LogP) is 3.56. The molecule has 0 aliphatic heterocycles. The first-order valence-electron chi connectivity index (χ1n) is 3.73. The summed E-state index contributed by atoms with van der Waals surface area (Å²) in [4.78, 5) is 2.79. The van der Waals surface area contributed by atoms with Crippen LogP contribution in [0, 0.1) is 11.3 Å². The minimum atomic E-state index is -4.89. The van der Waals surface area contributed by atoms with Crippen LogP contribution >= 0.6 is 11.6 Å². The highest BCUT2D eigenvalue weighted by atomic mass is 35.5. The molecule has 2 nitrogen and oxygen atoms in total. The molecule has 0 aliphatic carbocycles. The molecule has 0 unspecified atom stereocenters. The molecule has 0 N–H and O–H groups in total. The van der Waals surface area contributed by atoms with Crippen molar-refractivity contribution in [2.75, 3.05) is 0 Å². The summed E-state index contributed by atoms with van der Waals surface area (Å²) in [6, 6.07) is 1.21. The molecule has 1 rings (SSSR count).